The van der Waals surface area contributed by atoms with E-state index in [9.17, 15) is 39.6 Å². The minimum Gasteiger partial charge on any atom is -0.508 e. The monoisotopic (exact) mass is 538 g/mol. The van der Waals surface area contributed by atoms with Crippen LogP contribution in [0.1, 0.15) is 34.3 Å². The number of hydrogen-bond acceptors (Lipinski definition) is 10. The SMILES string of the molecule is CO[C@]12C(=O)C3=C(O)c4c(O)c(-c5occc5C(=O)O)cc(N(C)C)c4C[C@H]3C[C@H]1CC(=O)C(C(N)=O)=C2O. The molecule has 12 heteroatoms. The number of carbonyl (C=O) groups is 4. The fraction of sp³-hybridized carbons (Fsp3) is 0.333. The Kier molecular flexibility index (Phi) is 5.83. The van der Waals surface area contributed by atoms with Crippen molar-refractivity contribution < 1.29 is 48.8 Å². The number of ether oxygens (including phenoxy) is 1. The molecule has 1 fully saturated rings. The summed E-state index contributed by atoms with van der Waals surface area (Å²) in [5.41, 5.74) is 3.00. The third-order valence-electron chi connectivity index (χ3n) is 7.95. The third kappa shape index (κ3) is 3.41. The van der Waals surface area contributed by atoms with Crippen molar-refractivity contribution in [2.45, 2.75) is 24.9 Å². The first-order chi connectivity index (χ1) is 18.4. The highest BCUT2D eigenvalue weighted by Gasteiger charge is 2.61. The van der Waals surface area contributed by atoms with Gasteiger partial charge in [-0.2, -0.15) is 0 Å². The van der Waals surface area contributed by atoms with Crippen LogP contribution >= 0.6 is 0 Å². The lowest BCUT2D eigenvalue weighted by atomic mass is 9.59. The Balaban J connectivity index is 1.78. The van der Waals surface area contributed by atoms with Gasteiger partial charge < -0.3 is 40.2 Å². The molecule has 5 rings (SSSR count). The van der Waals surface area contributed by atoms with Gasteiger partial charge >= 0.3 is 5.97 Å². The van der Waals surface area contributed by atoms with Gasteiger partial charge in [-0.25, -0.2) is 4.79 Å². The predicted octanol–water partition coefficient (Wildman–Crippen LogP) is 2.10. The molecule has 6 N–H and O–H groups in total. The maximum atomic E-state index is 14.1. The van der Waals surface area contributed by atoms with Crippen molar-refractivity contribution in [3.05, 3.63) is 52.0 Å². The Hall–Kier alpha value is -4.58. The number of primary amides is 1. The topological polar surface area (TPSA) is 201 Å². The quantitative estimate of drug-likeness (QED) is 0.349. The van der Waals surface area contributed by atoms with Gasteiger partial charge in [0.2, 0.25) is 5.78 Å². The van der Waals surface area contributed by atoms with Crippen molar-refractivity contribution in [1.82, 2.24) is 0 Å². The number of aliphatic hydroxyl groups excluding tert-OH is 2. The van der Waals surface area contributed by atoms with Crippen LogP contribution in [0.4, 0.5) is 5.69 Å². The molecule has 0 radical (unpaired) electrons. The summed E-state index contributed by atoms with van der Waals surface area (Å²) in [6.07, 6.45) is 1.19. The van der Waals surface area contributed by atoms with Gasteiger partial charge in [0.25, 0.3) is 5.91 Å². The van der Waals surface area contributed by atoms with Crippen LogP contribution in [0.15, 0.2) is 39.7 Å². The molecular weight excluding hydrogens is 512 g/mol. The average Bonchev–Trinajstić information content (AvgIpc) is 3.33. The minimum absolute atomic E-state index is 0.0185. The third-order valence-corrected chi connectivity index (χ3v) is 7.95. The average molecular weight is 539 g/mol. The first-order valence-electron chi connectivity index (χ1n) is 12.0. The van der Waals surface area contributed by atoms with E-state index in [4.69, 9.17) is 14.9 Å². The fourth-order valence-corrected chi connectivity index (χ4v) is 6.27. The van der Waals surface area contributed by atoms with Crippen LogP contribution in [-0.2, 0) is 25.5 Å². The number of aromatic hydroxyl groups is 1. The van der Waals surface area contributed by atoms with E-state index in [-0.39, 0.29) is 47.3 Å². The van der Waals surface area contributed by atoms with Crippen LogP contribution in [0.25, 0.3) is 17.1 Å². The number of ketones is 2. The van der Waals surface area contributed by atoms with Crippen molar-refractivity contribution in [3.63, 3.8) is 0 Å². The maximum absolute atomic E-state index is 14.1. The van der Waals surface area contributed by atoms with Crippen LogP contribution in [-0.4, -0.2) is 70.7 Å². The van der Waals surface area contributed by atoms with Gasteiger partial charge in [0, 0.05) is 44.8 Å². The fourth-order valence-electron chi connectivity index (χ4n) is 6.27. The van der Waals surface area contributed by atoms with Crippen LogP contribution in [0.3, 0.4) is 0 Å². The van der Waals surface area contributed by atoms with E-state index < -0.39 is 63.7 Å². The molecule has 0 bridgehead atoms. The Morgan fingerprint density at radius 2 is 1.87 bits per heavy atom. The molecule has 3 atom stereocenters. The zero-order valence-electron chi connectivity index (χ0n) is 21.3. The molecule has 3 aliphatic rings. The number of carboxylic acids is 1. The molecule has 0 unspecified atom stereocenters. The number of benzene rings is 1. The highest BCUT2D eigenvalue weighted by Crippen LogP contribution is 2.55. The van der Waals surface area contributed by atoms with Gasteiger partial charge in [-0.05, 0) is 36.5 Å². The normalized spacial score (nSPS) is 24.3. The second kappa shape index (κ2) is 8.73. The number of rotatable bonds is 5. The molecule has 3 aliphatic carbocycles. The summed E-state index contributed by atoms with van der Waals surface area (Å²) in [5, 5.41) is 43.5. The van der Waals surface area contributed by atoms with Gasteiger partial charge in [-0.3, -0.25) is 14.4 Å². The lowest BCUT2D eigenvalue weighted by Gasteiger charge is -2.48. The Bertz CT molecular complexity index is 1550. The number of aromatic carboxylic acids is 1. The van der Waals surface area contributed by atoms with Crippen LogP contribution in [0.5, 0.6) is 5.75 Å². The van der Waals surface area contributed by atoms with Gasteiger partial charge in [0.1, 0.15) is 28.4 Å². The van der Waals surface area contributed by atoms with Crippen molar-refractivity contribution in [1.29, 1.82) is 0 Å². The number of Topliss-reactive ketones (excluding diaryl/α,β-unsaturated/α-hetero) is 2. The number of phenolic OH excluding ortho intramolecular Hbond substituents is 1. The van der Waals surface area contributed by atoms with Crippen molar-refractivity contribution >= 4 is 34.9 Å². The molecule has 1 amide bonds. The number of methoxy groups -OCH3 is 1. The first kappa shape index (κ1) is 26.0. The van der Waals surface area contributed by atoms with E-state index in [2.05, 4.69) is 0 Å². The van der Waals surface area contributed by atoms with E-state index in [1.807, 2.05) is 0 Å². The molecule has 0 aliphatic heterocycles. The van der Waals surface area contributed by atoms with Gasteiger partial charge in [0.05, 0.1) is 17.4 Å². The number of anilines is 1. The summed E-state index contributed by atoms with van der Waals surface area (Å²) >= 11 is 0. The second-order valence-corrected chi connectivity index (χ2v) is 10.1. The van der Waals surface area contributed by atoms with E-state index in [0.717, 1.165) is 13.4 Å². The van der Waals surface area contributed by atoms with Gasteiger partial charge in [-0.1, -0.05) is 0 Å². The van der Waals surface area contributed by atoms with E-state index >= 15 is 0 Å². The Morgan fingerprint density at radius 1 is 1.18 bits per heavy atom. The molecule has 2 aromatic rings. The Morgan fingerprint density at radius 3 is 2.46 bits per heavy atom. The molecule has 1 aromatic heterocycles. The summed E-state index contributed by atoms with van der Waals surface area (Å²) in [5.74, 6) is -7.66. The summed E-state index contributed by atoms with van der Waals surface area (Å²) < 4.78 is 10.9. The highest BCUT2D eigenvalue weighted by atomic mass is 16.5. The molecule has 0 spiro atoms. The Labute approximate surface area is 221 Å². The molecule has 204 valence electrons. The number of carboxylic acid groups (broad SMARTS) is 1. The van der Waals surface area contributed by atoms with Crippen molar-refractivity contribution in [3.8, 4) is 17.1 Å². The van der Waals surface area contributed by atoms with E-state index in [1.165, 1.54) is 6.07 Å². The molecule has 12 nitrogen and oxygen atoms in total. The molecule has 0 saturated heterocycles. The number of phenols is 1. The van der Waals surface area contributed by atoms with Crippen LogP contribution in [0.2, 0.25) is 0 Å². The van der Waals surface area contributed by atoms with E-state index in [0.29, 0.717) is 11.3 Å². The van der Waals surface area contributed by atoms with Gasteiger partial charge in [0.15, 0.2) is 17.1 Å². The van der Waals surface area contributed by atoms with Crippen molar-refractivity contribution in [2.75, 3.05) is 26.1 Å². The molecular formula is C27H26N2O10. The standard InChI is InChI=1S/C27H26N2O10/c1-29(2)15-9-14(22-12(26(36)37)4-5-39-22)20(31)18-13(15)7-10-6-11-8-16(30)19(25(28)35)24(34)27(11,38-3)23(33)17(10)21(18)32/h4-5,9-11,31-32,34H,6-8H2,1-3H3,(H2,28,35)(H,36,37)/t10-,11+,27+/m1/s1. The number of hydrogen-bond donors (Lipinski definition) is 5. The number of aliphatic hydroxyl groups is 2. The minimum atomic E-state index is -2.13. The number of amides is 1. The zero-order valence-corrected chi connectivity index (χ0v) is 21.3. The summed E-state index contributed by atoms with van der Waals surface area (Å²) in [7, 11) is 4.60. The smallest absolute Gasteiger partial charge is 0.339 e. The lowest BCUT2D eigenvalue weighted by Crippen LogP contribution is -2.59. The van der Waals surface area contributed by atoms with E-state index in [1.54, 1.807) is 25.1 Å². The molecule has 1 saturated carbocycles. The first-order valence-corrected chi connectivity index (χ1v) is 12.0. The summed E-state index contributed by atoms with van der Waals surface area (Å²) in [4.78, 5) is 52.1. The predicted molar refractivity (Wildman–Crippen MR) is 135 cm³/mol. The number of furan rings is 1. The van der Waals surface area contributed by atoms with Crippen LogP contribution in [0, 0.1) is 11.8 Å². The lowest BCUT2D eigenvalue weighted by molar-refractivity contribution is -0.153. The molecule has 39 heavy (non-hydrogen) atoms. The maximum Gasteiger partial charge on any atom is 0.339 e. The zero-order chi connectivity index (χ0) is 28.5. The van der Waals surface area contributed by atoms with Crippen LogP contribution < -0.4 is 10.6 Å². The number of fused-ring (bicyclic) bond motifs is 3. The second-order valence-electron chi connectivity index (χ2n) is 10.1. The number of nitrogens with two attached hydrogens (primary N) is 1. The van der Waals surface area contributed by atoms with Gasteiger partial charge in [-0.15, -0.1) is 0 Å². The number of nitrogens with zero attached hydrogens (tertiary/aromatic N) is 1. The largest absolute Gasteiger partial charge is 0.508 e. The summed E-state index contributed by atoms with van der Waals surface area (Å²) in [6.45, 7) is 0. The highest BCUT2D eigenvalue weighted by molar-refractivity contribution is 6.23. The summed E-state index contributed by atoms with van der Waals surface area (Å²) in [6, 6.07) is 2.77. The molecule has 1 aromatic carbocycles. The number of carbonyl (C=O) groups excluding carboxylic acids is 3. The van der Waals surface area contributed by atoms with Crippen molar-refractivity contribution in [2.24, 2.45) is 17.6 Å². The molecule has 1 heterocycles.